The zero-order chi connectivity index (χ0) is 20.9. The second-order valence-corrected chi connectivity index (χ2v) is 8.49. The molecule has 152 valence electrons. The molecule has 0 radical (unpaired) electrons. The summed E-state index contributed by atoms with van der Waals surface area (Å²) in [5, 5.41) is 7.29. The Hall–Kier alpha value is -2.97. The number of amides is 1. The summed E-state index contributed by atoms with van der Waals surface area (Å²) in [4.78, 5) is 12.7. The molecule has 1 amide bonds. The fourth-order valence-corrected chi connectivity index (χ4v) is 3.79. The molecule has 3 rings (SSSR count). The molecular weight excluding hydrogens is 388 g/mol. The third-order valence-electron chi connectivity index (χ3n) is 4.59. The van der Waals surface area contributed by atoms with Crippen LogP contribution in [0.3, 0.4) is 0 Å². The smallest absolute Gasteiger partial charge is 0.255 e. The van der Waals surface area contributed by atoms with Crippen LogP contribution in [0.1, 0.15) is 34.1 Å². The first kappa shape index (κ1) is 20.8. The number of rotatable bonds is 8. The lowest BCUT2D eigenvalue weighted by Gasteiger charge is -2.09. The molecule has 1 heterocycles. The van der Waals surface area contributed by atoms with E-state index in [0.29, 0.717) is 24.1 Å². The van der Waals surface area contributed by atoms with Gasteiger partial charge < -0.3 is 5.32 Å². The lowest BCUT2D eigenvalue weighted by molar-refractivity contribution is 0.0950. The molecule has 2 N–H and O–H groups in total. The van der Waals surface area contributed by atoms with E-state index in [0.717, 1.165) is 16.9 Å². The molecule has 8 heteroatoms. The van der Waals surface area contributed by atoms with Gasteiger partial charge in [0.15, 0.2) is 0 Å². The standard InChI is InChI=1S/C21H24N4O3S/c1-3-20-19(14-24-25(20)18-7-5-4-6-8-18)21(26)23-13-16-9-11-17(12-10-16)15-29(27,28)22-2/h4-12,14,22H,3,13,15H2,1-2H3,(H,23,26). The summed E-state index contributed by atoms with van der Waals surface area (Å²) in [5.41, 5.74) is 3.88. The Bertz CT molecular complexity index is 1070. The summed E-state index contributed by atoms with van der Waals surface area (Å²) in [7, 11) is -1.91. The van der Waals surface area contributed by atoms with Crippen LogP contribution in [0.2, 0.25) is 0 Å². The minimum absolute atomic E-state index is 0.0747. The summed E-state index contributed by atoms with van der Waals surface area (Å²) < 4.78 is 27.3. The molecule has 0 fully saturated rings. The van der Waals surface area contributed by atoms with Crippen molar-refractivity contribution in [1.82, 2.24) is 19.8 Å². The fourth-order valence-electron chi connectivity index (χ4n) is 3.02. The SMILES string of the molecule is CCc1c(C(=O)NCc2ccc(CS(=O)(=O)NC)cc2)cnn1-c1ccccc1. The third-order valence-corrected chi connectivity index (χ3v) is 5.93. The van der Waals surface area contributed by atoms with Gasteiger partial charge in [0, 0.05) is 6.54 Å². The van der Waals surface area contributed by atoms with Gasteiger partial charge in [-0.3, -0.25) is 4.79 Å². The Morgan fingerprint density at radius 2 is 1.69 bits per heavy atom. The molecule has 2 aromatic carbocycles. The summed E-state index contributed by atoms with van der Waals surface area (Å²) in [6.07, 6.45) is 2.26. The molecule has 0 saturated heterocycles. The minimum Gasteiger partial charge on any atom is -0.348 e. The van der Waals surface area contributed by atoms with Crippen LogP contribution in [-0.4, -0.2) is 31.2 Å². The number of sulfonamides is 1. The molecule has 0 aliphatic heterocycles. The highest BCUT2D eigenvalue weighted by Gasteiger charge is 2.17. The van der Waals surface area contributed by atoms with Crippen molar-refractivity contribution in [3.63, 3.8) is 0 Å². The van der Waals surface area contributed by atoms with Gasteiger partial charge in [-0.2, -0.15) is 5.10 Å². The normalized spacial score (nSPS) is 11.4. The van der Waals surface area contributed by atoms with Gasteiger partial charge in [0.25, 0.3) is 5.91 Å². The van der Waals surface area contributed by atoms with Gasteiger partial charge >= 0.3 is 0 Å². The van der Waals surface area contributed by atoms with E-state index in [-0.39, 0.29) is 11.7 Å². The van der Waals surface area contributed by atoms with Crippen LogP contribution in [0.5, 0.6) is 0 Å². The zero-order valence-electron chi connectivity index (χ0n) is 16.4. The summed E-state index contributed by atoms with van der Waals surface area (Å²) >= 11 is 0. The predicted octanol–water partition coefficient (Wildman–Crippen LogP) is 2.41. The molecule has 1 aromatic heterocycles. The van der Waals surface area contributed by atoms with Crippen molar-refractivity contribution >= 4 is 15.9 Å². The quantitative estimate of drug-likeness (QED) is 0.594. The number of aromatic nitrogens is 2. The molecule has 0 aliphatic carbocycles. The Morgan fingerprint density at radius 3 is 2.31 bits per heavy atom. The number of benzene rings is 2. The van der Waals surface area contributed by atoms with Crippen LogP contribution in [0, 0.1) is 0 Å². The average molecular weight is 413 g/mol. The minimum atomic E-state index is -3.30. The molecule has 3 aromatic rings. The van der Waals surface area contributed by atoms with E-state index in [4.69, 9.17) is 0 Å². The Balaban J connectivity index is 1.68. The predicted molar refractivity (Wildman–Crippen MR) is 112 cm³/mol. The Morgan fingerprint density at radius 1 is 1.03 bits per heavy atom. The maximum atomic E-state index is 12.7. The van der Waals surface area contributed by atoms with E-state index in [1.807, 2.05) is 49.4 Å². The van der Waals surface area contributed by atoms with Crippen molar-refractivity contribution in [2.45, 2.75) is 25.6 Å². The number of para-hydroxylation sites is 1. The maximum absolute atomic E-state index is 12.7. The van der Waals surface area contributed by atoms with E-state index in [9.17, 15) is 13.2 Å². The first-order valence-electron chi connectivity index (χ1n) is 9.33. The van der Waals surface area contributed by atoms with Crippen LogP contribution in [0.4, 0.5) is 0 Å². The largest absolute Gasteiger partial charge is 0.348 e. The second kappa shape index (κ2) is 9.02. The van der Waals surface area contributed by atoms with Gasteiger partial charge in [-0.1, -0.05) is 49.4 Å². The molecule has 0 bridgehead atoms. The third kappa shape index (κ3) is 5.10. The lowest BCUT2D eigenvalue weighted by atomic mass is 10.1. The first-order chi connectivity index (χ1) is 13.9. The number of carbonyl (C=O) groups excluding carboxylic acids is 1. The molecule has 29 heavy (non-hydrogen) atoms. The average Bonchev–Trinajstić information content (AvgIpc) is 3.17. The van der Waals surface area contributed by atoms with Gasteiger partial charge in [0.1, 0.15) is 0 Å². The van der Waals surface area contributed by atoms with Crippen molar-refractivity contribution in [3.05, 3.63) is 83.2 Å². The van der Waals surface area contributed by atoms with Crippen LogP contribution in [0.15, 0.2) is 60.8 Å². The molecule has 0 unspecified atom stereocenters. The number of hydrogen-bond acceptors (Lipinski definition) is 4. The van der Waals surface area contributed by atoms with E-state index in [1.165, 1.54) is 7.05 Å². The highest BCUT2D eigenvalue weighted by Crippen LogP contribution is 2.16. The van der Waals surface area contributed by atoms with Crippen LogP contribution < -0.4 is 10.0 Å². The van der Waals surface area contributed by atoms with Crippen LogP contribution in [-0.2, 0) is 28.7 Å². The molecule has 0 atom stereocenters. The number of carbonyl (C=O) groups is 1. The van der Waals surface area contributed by atoms with Crippen molar-refractivity contribution in [2.75, 3.05) is 7.05 Å². The van der Waals surface area contributed by atoms with Gasteiger partial charge in [-0.25, -0.2) is 17.8 Å². The zero-order valence-corrected chi connectivity index (χ0v) is 17.2. The van der Waals surface area contributed by atoms with Gasteiger partial charge in [-0.15, -0.1) is 0 Å². The molecule has 0 aliphatic rings. The van der Waals surface area contributed by atoms with E-state index in [1.54, 1.807) is 23.0 Å². The monoisotopic (exact) mass is 412 g/mol. The fraction of sp³-hybridized carbons (Fsp3) is 0.238. The molecule has 0 saturated carbocycles. The van der Waals surface area contributed by atoms with Crippen LogP contribution >= 0.6 is 0 Å². The van der Waals surface area contributed by atoms with Crippen molar-refractivity contribution in [3.8, 4) is 5.69 Å². The highest BCUT2D eigenvalue weighted by molar-refractivity contribution is 7.88. The maximum Gasteiger partial charge on any atom is 0.255 e. The summed E-state index contributed by atoms with van der Waals surface area (Å²) in [5.74, 6) is -0.264. The number of nitrogens with one attached hydrogen (secondary N) is 2. The number of nitrogens with zero attached hydrogens (tertiary/aromatic N) is 2. The van der Waals surface area contributed by atoms with Gasteiger partial charge in [0.05, 0.1) is 28.9 Å². The summed E-state index contributed by atoms with van der Waals surface area (Å²) in [6.45, 7) is 2.34. The summed E-state index contributed by atoms with van der Waals surface area (Å²) in [6, 6.07) is 16.8. The Labute approximate surface area is 170 Å². The van der Waals surface area contributed by atoms with Gasteiger partial charge in [-0.05, 0) is 36.7 Å². The van der Waals surface area contributed by atoms with E-state index >= 15 is 0 Å². The lowest BCUT2D eigenvalue weighted by Crippen LogP contribution is -2.24. The highest BCUT2D eigenvalue weighted by atomic mass is 32.2. The van der Waals surface area contributed by atoms with Crippen molar-refractivity contribution in [1.29, 1.82) is 0 Å². The second-order valence-electron chi connectivity index (χ2n) is 6.57. The topological polar surface area (TPSA) is 93.1 Å². The number of hydrogen-bond donors (Lipinski definition) is 2. The molecule has 0 spiro atoms. The Kier molecular flexibility index (Phi) is 6.46. The molecular formula is C21H24N4O3S. The van der Waals surface area contributed by atoms with Crippen molar-refractivity contribution < 1.29 is 13.2 Å². The van der Waals surface area contributed by atoms with Crippen LogP contribution in [0.25, 0.3) is 5.69 Å². The van der Waals surface area contributed by atoms with Gasteiger partial charge in [0.2, 0.25) is 10.0 Å². The van der Waals surface area contributed by atoms with E-state index < -0.39 is 10.0 Å². The van der Waals surface area contributed by atoms with Crippen molar-refractivity contribution in [2.24, 2.45) is 0 Å². The molecule has 7 nitrogen and oxygen atoms in total. The van der Waals surface area contributed by atoms with E-state index in [2.05, 4.69) is 15.1 Å². The first-order valence-corrected chi connectivity index (χ1v) is 11.0.